The van der Waals surface area contributed by atoms with Crippen LogP contribution in [0.15, 0.2) is 78.9 Å². The van der Waals surface area contributed by atoms with E-state index in [1.54, 1.807) is 35.6 Å². The molecule has 5 rings (SSSR count). The number of anilines is 1. The summed E-state index contributed by atoms with van der Waals surface area (Å²) >= 11 is 1.73. The molecule has 1 saturated heterocycles. The summed E-state index contributed by atoms with van der Waals surface area (Å²) in [6, 6.07) is 24.8. The second-order valence-electron chi connectivity index (χ2n) is 8.09. The third kappa shape index (κ3) is 4.20. The van der Waals surface area contributed by atoms with E-state index in [-0.39, 0.29) is 17.7 Å². The van der Waals surface area contributed by atoms with Gasteiger partial charge >= 0.3 is 0 Å². The van der Waals surface area contributed by atoms with Crippen molar-refractivity contribution in [3.63, 3.8) is 0 Å². The van der Waals surface area contributed by atoms with Gasteiger partial charge in [-0.25, -0.2) is 4.98 Å². The SMILES string of the molecule is O=C(C[NH+]1CCC[C@@H]1c1nc2ccccc2s1)Nc1ccccc1C(=O)c1ccccc1. The van der Waals surface area contributed by atoms with E-state index in [2.05, 4.69) is 11.4 Å². The summed E-state index contributed by atoms with van der Waals surface area (Å²) in [6.45, 7) is 1.30. The zero-order valence-electron chi connectivity index (χ0n) is 17.6. The Labute approximate surface area is 190 Å². The number of aromatic nitrogens is 1. The number of likely N-dealkylation sites (tertiary alicyclic amines) is 1. The number of carbonyl (C=O) groups is 2. The number of rotatable bonds is 6. The molecule has 3 aromatic carbocycles. The molecule has 1 aliphatic rings. The molecule has 1 aromatic heterocycles. The number of quaternary nitrogens is 1. The van der Waals surface area contributed by atoms with Gasteiger partial charge in [-0.2, -0.15) is 0 Å². The van der Waals surface area contributed by atoms with Crippen molar-refractivity contribution in [1.82, 2.24) is 4.98 Å². The number of benzene rings is 3. The second-order valence-corrected chi connectivity index (χ2v) is 9.15. The van der Waals surface area contributed by atoms with Gasteiger partial charge < -0.3 is 10.2 Å². The quantitative estimate of drug-likeness (QED) is 0.446. The van der Waals surface area contributed by atoms with Crippen molar-refractivity contribution >= 4 is 38.9 Å². The minimum Gasteiger partial charge on any atom is -0.320 e. The minimum atomic E-state index is -0.0950. The van der Waals surface area contributed by atoms with Crippen molar-refractivity contribution in [2.45, 2.75) is 18.9 Å². The van der Waals surface area contributed by atoms with Gasteiger partial charge in [0.25, 0.3) is 5.91 Å². The molecule has 160 valence electrons. The van der Waals surface area contributed by atoms with Crippen LogP contribution in [0.5, 0.6) is 0 Å². The Morgan fingerprint density at radius 3 is 2.56 bits per heavy atom. The molecule has 2 atom stereocenters. The highest BCUT2D eigenvalue weighted by Gasteiger charge is 2.34. The van der Waals surface area contributed by atoms with Gasteiger partial charge in [0.2, 0.25) is 0 Å². The average Bonchev–Trinajstić information content (AvgIpc) is 3.46. The third-order valence-electron chi connectivity index (χ3n) is 5.96. The second kappa shape index (κ2) is 9.02. The van der Waals surface area contributed by atoms with Crippen LogP contribution in [-0.4, -0.2) is 29.8 Å². The molecule has 1 fully saturated rings. The van der Waals surface area contributed by atoms with Crippen LogP contribution in [0.2, 0.25) is 0 Å². The highest BCUT2D eigenvalue weighted by molar-refractivity contribution is 7.18. The monoisotopic (exact) mass is 442 g/mol. The predicted octanol–water partition coefficient (Wildman–Crippen LogP) is 3.89. The molecule has 5 nitrogen and oxygen atoms in total. The summed E-state index contributed by atoms with van der Waals surface area (Å²) in [5.41, 5.74) is 2.69. The number of para-hydroxylation sites is 2. The van der Waals surface area contributed by atoms with Crippen LogP contribution in [-0.2, 0) is 4.79 Å². The Bertz CT molecular complexity index is 1240. The average molecular weight is 443 g/mol. The highest BCUT2D eigenvalue weighted by atomic mass is 32.1. The van der Waals surface area contributed by atoms with E-state index >= 15 is 0 Å². The van der Waals surface area contributed by atoms with E-state index in [1.165, 1.54) is 9.60 Å². The van der Waals surface area contributed by atoms with Crippen LogP contribution in [0.3, 0.4) is 0 Å². The smallest absolute Gasteiger partial charge is 0.279 e. The van der Waals surface area contributed by atoms with E-state index in [0.717, 1.165) is 29.9 Å². The molecule has 1 aliphatic heterocycles. The summed E-state index contributed by atoms with van der Waals surface area (Å²) in [5.74, 6) is -0.177. The molecule has 0 aliphatic carbocycles. The Balaban J connectivity index is 1.31. The summed E-state index contributed by atoms with van der Waals surface area (Å²) < 4.78 is 1.19. The molecule has 0 spiro atoms. The maximum Gasteiger partial charge on any atom is 0.279 e. The zero-order valence-corrected chi connectivity index (χ0v) is 18.4. The summed E-state index contributed by atoms with van der Waals surface area (Å²) in [5, 5.41) is 4.09. The molecular weight excluding hydrogens is 418 g/mol. The molecule has 1 unspecified atom stereocenters. The topological polar surface area (TPSA) is 63.5 Å². The van der Waals surface area contributed by atoms with Crippen LogP contribution in [0.1, 0.15) is 39.8 Å². The summed E-state index contributed by atoms with van der Waals surface area (Å²) in [6.07, 6.45) is 2.11. The first-order valence-electron chi connectivity index (χ1n) is 10.9. The molecule has 0 radical (unpaired) electrons. The Hall–Kier alpha value is -3.35. The number of amides is 1. The van der Waals surface area contributed by atoms with E-state index in [0.29, 0.717) is 23.4 Å². The highest BCUT2D eigenvalue weighted by Crippen LogP contribution is 2.28. The number of thiazole rings is 1. The first kappa shape index (κ1) is 20.5. The number of hydrogen-bond donors (Lipinski definition) is 2. The van der Waals surface area contributed by atoms with Crippen molar-refractivity contribution < 1.29 is 14.5 Å². The molecule has 0 bridgehead atoms. The van der Waals surface area contributed by atoms with Gasteiger partial charge in [0, 0.05) is 24.0 Å². The van der Waals surface area contributed by atoms with E-state index in [1.807, 2.05) is 48.5 Å². The van der Waals surface area contributed by atoms with E-state index in [4.69, 9.17) is 4.98 Å². The number of fused-ring (bicyclic) bond motifs is 1. The van der Waals surface area contributed by atoms with Crippen molar-refractivity contribution in [3.05, 3.63) is 95.0 Å². The normalized spacial score (nSPS) is 18.0. The minimum absolute atomic E-state index is 0.0821. The summed E-state index contributed by atoms with van der Waals surface area (Å²) in [4.78, 5) is 32.0. The lowest BCUT2D eigenvalue weighted by Gasteiger charge is -2.19. The van der Waals surface area contributed by atoms with E-state index < -0.39 is 0 Å². The Kier molecular flexibility index (Phi) is 5.79. The van der Waals surface area contributed by atoms with Crippen molar-refractivity contribution in [2.75, 3.05) is 18.4 Å². The molecule has 1 amide bonds. The number of carbonyl (C=O) groups excluding carboxylic acids is 2. The van der Waals surface area contributed by atoms with Crippen LogP contribution < -0.4 is 10.2 Å². The fourth-order valence-electron chi connectivity index (χ4n) is 4.40. The number of nitrogens with one attached hydrogen (secondary N) is 2. The molecule has 6 heteroatoms. The molecule has 0 saturated carbocycles. The van der Waals surface area contributed by atoms with E-state index in [9.17, 15) is 9.59 Å². The lowest BCUT2D eigenvalue weighted by atomic mass is 10.0. The fraction of sp³-hybridized carbons (Fsp3) is 0.192. The van der Waals surface area contributed by atoms with Gasteiger partial charge in [-0.15, -0.1) is 11.3 Å². The number of nitrogens with zero attached hydrogens (tertiary/aromatic N) is 1. The van der Waals surface area contributed by atoms with Gasteiger partial charge in [-0.05, 0) is 24.3 Å². The fourth-order valence-corrected chi connectivity index (χ4v) is 5.56. The van der Waals surface area contributed by atoms with Crippen LogP contribution >= 0.6 is 11.3 Å². The van der Waals surface area contributed by atoms with Gasteiger partial charge in [0.15, 0.2) is 17.3 Å². The van der Waals surface area contributed by atoms with Crippen LogP contribution in [0.4, 0.5) is 5.69 Å². The molecule has 32 heavy (non-hydrogen) atoms. The van der Waals surface area contributed by atoms with Crippen molar-refractivity contribution in [2.24, 2.45) is 0 Å². The molecular formula is C26H24N3O2S+. The lowest BCUT2D eigenvalue weighted by molar-refractivity contribution is -0.910. The summed E-state index contributed by atoms with van der Waals surface area (Å²) in [7, 11) is 0. The van der Waals surface area contributed by atoms with Gasteiger partial charge in [-0.1, -0.05) is 54.6 Å². The molecule has 4 aromatic rings. The maximum atomic E-state index is 13.0. The standard InChI is InChI=1S/C26H23N3O2S/c30-24(27-20-12-5-4-11-19(20)25(31)18-9-2-1-3-10-18)17-29-16-8-14-22(29)26-28-21-13-6-7-15-23(21)32-26/h1-7,9-13,15,22H,8,14,16-17H2,(H,27,30)/p+1/t22-/m1/s1. The first-order chi connectivity index (χ1) is 15.7. The number of hydrogen-bond acceptors (Lipinski definition) is 4. The van der Waals surface area contributed by atoms with Gasteiger partial charge in [-0.3, -0.25) is 9.59 Å². The van der Waals surface area contributed by atoms with Crippen LogP contribution in [0.25, 0.3) is 10.2 Å². The molecule has 2 N–H and O–H groups in total. The predicted molar refractivity (Wildman–Crippen MR) is 127 cm³/mol. The first-order valence-corrected chi connectivity index (χ1v) is 11.7. The van der Waals surface area contributed by atoms with Crippen molar-refractivity contribution in [1.29, 1.82) is 0 Å². The number of ketones is 1. The Morgan fingerprint density at radius 1 is 0.969 bits per heavy atom. The third-order valence-corrected chi connectivity index (χ3v) is 7.11. The van der Waals surface area contributed by atoms with Gasteiger partial charge in [0.05, 0.1) is 22.4 Å². The van der Waals surface area contributed by atoms with Crippen molar-refractivity contribution in [3.8, 4) is 0 Å². The Morgan fingerprint density at radius 2 is 1.72 bits per heavy atom. The lowest BCUT2D eigenvalue weighted by Crippen LogP contribution is -3.11. The molecule has 2 heterocycles. The largest absolute Gasteiger partial charge is 0.320 e. The van der Waals surface area contributed by atoms with Crippen LogP contribution in [0, 0.1) is 0 Å². The maximum absolute atomic E-state index is 13.0. The van der Waals surface area contributed by atoms with Gasteiger partial charge in [0.1, 0.15) is 6.04 Å². The zero-order chi connectivity index (χ0) is 21.9.